The second-order valence-corrected chi connectivity index (χ2v) is 6.58. The third-order valence-corrected chi connectivity index (χ3v) is 4.18. The van der Waals surface area contributed by atoms with E-state index in [1.54, 1.807) is 18.2 Å². The van der Waals surface area contributed by atoms with Crippen molar-refractivity contribution < 1.29 is 9.59 Å². The summed E-state index contributed by atoms with van der Waals surface area (Å²) in [5.74, 6) is -0.328. The molecule has 6 heteroatoms. The average molecular weight is 384 g/mol. The van der Waals surface area contributed by atoms with E-state index in [2.05, 4.69) is 22.9 Å². The highest BCUT2D eigenvalue weighted by Gasteiger charge is 2.12. The van der Waals surface area contributed by atoms with Gasteiger partial charge in [-0.1, -0.05) is 62.2 Å². The molecule has 0 bridgehead atoms. The highest BCUT2D eigenvalue weighted by atomic mass is 32.1. The summed E-state index contributed by atoms with van der Waals surface area (Å²) in [4.78, 5) is 24.4. The maximum atomic E-state index is 12.5. The van der Waals surface area contributed by atoms with Crippen molar-refractivity contribution in [3.05, 3.63) is 65.7 Å². The Labute approximate surface area is 165 Å². The van der Waals surface area contributed by atoms with Gasteiger partial charge in [0.05, 0.1) is 11.3 Å². The average Bonchev–Trinajstić information content (AvgIpc) is 2.67. The van der Waals surface area contributed by atoms with Crippen molar-refractivity contribution >= 4 is 34.8 Å². The van der Waals surface area contributed by atoms with Crippen LogP contribution in [0.4, 0.5) is 5.69 Å². The third-order valence-electron chi connectivity index (χ3n) is 3.98. The summed E-state index contributed by atoms with van der Waals surface area (Å²) in [6.45, 7) is 2.52. The highest BCUT2D eigenvalue weighted by molar-refractivity contribution is 7.80. The SMILES string of the molecule is CCCCCC(=O)NC(=S)Nc1ccccc1C(=O)NCc1ccccc1. The van der Waals surface area contributed by atoms with Gasteiger partial charge in [0.2, 0.25) is 5.91 Å². The smallest absolute Gasteiger partial charge is 0.253 e. The van der Waals surface area contributed by atoms with Crippen LogP contribution in [0.1, 0.15) is 48.5 Å². The van der Waals surface area contributed by atoms with E-state index in [1.807, 2.05) is 36.4 Å². The van der Waals surface area contributed by atoms with Crippen LogP contribution in [0, 0.1) is 0 Å². The van der Waals surface area contributed by atoms with Gasteiger partial charge in [0.1, 0.15) is 0 Å². The summed E-state index contributed by atoms with van der Waals surface area (Å²) in [7, 11) is 0. The number of carbonyl (C=O) groups is 2. The Morgan fingerprint density at radius 2 is 1.67 bits per heavy atom. The van der Waals surface area contributed by atoms with Gasteiger partial charge < -0.3 is 16.0 Å². The topological polar surface area (TPSA) is 70.2 Å². The van der Waals surface area contributed by atoms with Gasteiger partial charge in [0.25, 0.3) is 5.91 Å². The van der Waals surface area contributed by atoms with Crippen molar-refractivity contribution in [2.45, 2.75) is 39.2 Å². The number of unbranched alkanes of at least 4 members (excludes halogenated alkanes) is 2. The molecule has 0 aromatic heterocycles. The van der Waals surface area contributed by atoms with Crippen molar-refractivity contribution in [3.63, 3.8) is 0 Å². The summed E-state index contributed by atoms with van der Waals surface area (Å²) in [6.07, 6.45) is 3.35. The molecule has 0 saturated heterocycles. The molecule has 0 fully saturated rings. The zero-order valence-electron chi connectivity index (χ0n) is 15.5. The zero-order valence-corrected chi connectivity index (χ0v) is 16.3. The molecular weight excluding hydrogens is 358 g/mol. The van der Waals surface area contributed by atoms with Crippen molar-refractivity contribution in [2.75, 3.05) is 5.32 Å². The van der Waals surface area contributed by atoms with Gasteiger partial charge >= 0.3 is 0 Å². The first-order valence-corrected chi connectivity index (χ1v) is 9.53. The third kappa shape index (κ3) is 7.19. The first-order valence-electron chi connectivity index (χ1n) is 9.12. The molecule has 0 aliphatic rings. The van der Waals surface area contributed by atoms with Gasteiger partial charge in [-0.2, -0.15) is 0 Å². The molecule has 0 spiro atoms. The predicted molar refractivity (Wildman–Crippen MR) is 113 cm³/mol. The van der Waals surface area contributed by atoms with Crippen LogP contribution < -0.4 is 16.0 Å². The number of carbonyl (C=O) groups excluding carboxylic acids is 2. The molecule has 0 heterocycles. The van der Waals surface area contributed by atoms with E-state index in [0.29, 0.717) is 24.2 Å². The maximum absolute atomic E-state index is 12.5. The number of rotatable bonds is 8. The number of thiocarbonyl (C=S) groups is 1. The van der Waals surface area contributed by atoms with Gasteiger partial charge in [0, 0.05) is 13.0 Å². The molecule has 0 atom stereocenters. The second kappa shape index (κ2) is 11.1. The van der Waals surface area contributed by atoms with Crippen LogP contribution in [-0.2, 0) is 11.3 Å². The minimum atomic E-state index is -0.209. The second-order valence-electron chi connectivity index (χ2n) is 6.17. The van der Waals surface area contributed by atoms with E-state index >= 15 is 0 Å². The van der Waals surface area contributed by atoms with E-state index in [4.69, 9.17) is 12.2 Å². The summed E-state index contributed by atoms with van der Waals surface area (Å²) in [6, 6.07) is 16.8. The number of benzene rings is 2. The van der Waals surface area contributed by atoms with E-state index in [1.165, 1.54) is 0 Å². The van der Waals surface area contributed by atoms with Crippen LogP contribution >= 0.6 is 12.2 Å². The predicted octanol–water partition coefficient (Wildman–Crippen LogP) is 4.01. The molecule has 3 N–H and O–H groups in total. The molecule has 0 radical (unpaired) electrons. The summed E-state index contributed by atoms with van der Waals surface area (Å²) in [5.41, 5.74) is 2.05. The molecule has 2 amide bonds. The highest BCUT2D eigenvalue weighted by Crippen LogP contribution is 2.15. The van der Waals surface area contributed by atoms with Crippen LogP contribution in [0.2, 0.25) is 0 Å². The summed E-state index contributed by atoms with van der Waals surface area (Å²) >= 11 is 5.20. The van der Waals surface area contributed by atoms with Crippen LogP contribution in [-0.4, -0.2) is 16.9 Å². The van der Waals surface area contributed by atoms with Gasteiger partial charge in [-0.3, -0.25) is 9.59 Å². The van der Waals surface area contributed by atoms with E-state index in [-0.39, 0.29) is 16.9 Å². The first-order chi connectivity index (χ1) is 13.1. The van der Waals surface area contributed by atoms with Crippen molar-refractivity contribution in [2.24, 2.45) is 0 Å². The fourth-order valence-electron chi connectivity index (χ4n) is 2.54. The Morgan fingerprint density at radius 3 is 2.41 bits per heavy atom. The Bertz CT molecular complexity index is 778. The van der Waals surface area contributed by atoms with E-state index in [9.17, 15) is 9.59 Å². The van der Waals surface area contributed by atoms with Gasteiger partial charge in [0.15, 0.2) is 5.11 Å². The molecular formula is C21H25N3O2S. The number of hydrogen-bond donors (Lipinski definition) is 3. The molecule has 2 aromatic carbocycles. The van der Waals surface area contributed by atoms with Crippen molar-refractivity contribution in [3.8, 4) is 0 Å². The number of anilines is 1. The zero-order chi connectivity index (χ0) is 19.5. The number of nitrogens with one attached hydrogen (secondary N) is 3. The van der Waals surface area contributed by atoms with Crippen LogP contribution in [0.3, 0.4) is 0 Å². The lowest BCUT2D eigenvalue weighted by Gasteiger charge is -2.13. The van der Waals surface area contributed by atoms with Crippen LogP contribution in [0.25, 0.3) is 0 Å². The normalized spacial score (nSPS) is 10.1. The van der Waals surface area contributed by atoms with E-state index in [0.717, 1.165) is 24.8 Å². The Kier molecular flexibility index (Phi) is 8.45. The summed E-state index contributed by atoms with van der Waals surface area (Å²) < 4.78 is 0. The molecule has 5 nitrogen and oxygen atoms in total. The minimum Gasteiger partial charge on any atom is -0.348 e. The number of para-hydroxylation sites is 1. The number of hydrogen-bond acceptors (Lipinski definition) is 3. The Morgan fingerprint density at radius 1 is 0.963 bits per heavy atom. The molecule has 2 rings (SSSR count). The Balaban J connectivity index is 1.93. The minimum absolute atomic E-state index is 0.119. The Hall–Kier alpha value is -2.73. The fourth-order valence-corrected chi connectivity index (χ4v) is 2.77. The van der Waals surface area contributed by atoms with E-state index < -0.39 is 0 Å². The lowest BCUT2D eigenvalue weighted by molar-refractivity contribution is -0.119. The lowest BCUT2D eigenvalue weighted by Crippen LogP contribution is -2.34. The van der Waals surface area contributed by atoms with Crippen LogP contribution in [0.5, 0.6) is 0 Å². The van der Waals surface area contributed by atoms with Crippen molar-refractivity contribution in [1.29, 1.82) is 0 Å². The maximum Gasteiger partial charge on any atom is 0.253 e. The molecule has 27 heavy (non-hydrogen) atoms. The van der Waals surface area contributed by atoms with Gasteiger partial charge in [-0.05, 0) is 36.3 Å². The molecule has 0 aliphatic heterocycles. The monoisotopic (exact) mass is 383 g/mol. The number of amides is 2. The lowest BCUT2D eigenvalue weighted by atomic mass is 10.1. The molecule has 2 aromatic rings. The molecule has 142 valence electrons. The molecule has 0 unspecified atom stereocenters. The van der Waals surface area contributed by atoms with Gasteiger partial charge in [-0.15, -0.1) is 0 Å². The molecule has 0 saturated carbocycles. The molecule has 0 aliphatic carbocycles. The van der Waals surface area contributed by atoms with Crippen molar-refractivity contribution in [1.82, 2.24) is 10.6 Å². The van der Waals surface area contributed by atoms with Gasteiger partial charge in [-0.25, -0.2) is 0 Å². The quantitative estimate of drug-likeness (QED) is 0.476. The summed E-state index contributed by atoms with van der Waals surface area (Å²) in [5, 5.41) is 8.70. The largest absolute Gasteiger partial charge is 0.348 e. The van der Waals surface area contributed by atoms with Crippen LogP contribution in [0.15, 0.2) is 54.6 Å². The first kappa shape index (κ1) is 20.6. The fraction of sp³-hybridized carbons (Fsp3) is 0.286. The standard InChI is InChI=1S/C21H25N3O2S/c1-2-3-5-14-19(25)24-21(27)23-18-13-9-8-12-17(18)20(26)22-15-16-10-6-4-7-11-16/h4,6-13H,2-3,5,14-15H2,1H3,(H,22,26)(H2,23,24,25,27).